The summed E-state index contributed by atoms with van der Waals surface area (Å²) in [5.74, 6) is 0.564. The molecule has 0 aromatic heterocycles. The van der Waals surface area contributed by atoms with E-state index in [-0.39, 0.29) is 6.09 Å². The Morgan fingerprint density at radius 1 is 1.24 bits per heavy atom. The van der Waals surface area contributed by atoms with Crippen LogP contribution in [0.25, 0.3) is 0 Å². The number of hydrogen-bond donors (Lipinski definition) is 1. The minimum Gasteiger partial charge on any atom is -0.444 e. The van der Waals surface area contributed by atoms with E-state index in [1.165, 1.54) is 0 Å². The number of nitrogens with one attached hydrogen (secondary N) is 1. The predicted molar refractivity (Wildman–Crippen MR) is 67.0 cm³/mol. The maximum Gasteiger partial charge on any atom is 0.407 e. The van der Waals surface area contributed by atoms with Crippen LogP contribution in [-0.2, 0) is 9.47 Å². The van der Waals surface area contributed by atoms with Crippen LogP contribution in [0.2, 0.25) is 0 Å². The molecule has 0 spiro atoms. The first-order valence-corrected chi connectivity index (χ1v) is 6.40. The van der Waals surface area contributed by atoms with Gasteiger partial charge >= 0.3 is 6.09 Å². The van der Waals surface area contributed by atoms with E-state index in [1.807, 2.05) is 20.8 Å². The van der Waals surface area contributed by atoms with Gasteiger partial charge in [-0.1, -0.05) is 0 Å². The van der Waals surface area contributed by atoms with Crippen LogP contribution in [0.4, 0.5) is 4.79 Å². The third-order valence-corrected chi connectivity index (χ3v) is 3.06. The molecule has 0 radical (unpaired) electrons. The van der Waals surface area contributed by atoms with Crippen molar-refractivity contribution in [2.45, 2.75) is 58.2 Å². The zero-order valence-electron chi connectivity index (χ0n) is 11.4. The Hall–Kier alpha value is -0.770. The summed E-state index contributed by atoms with van der Waals surface area (Å²) >= 11 is 0. The number of methoxy groups -OCH3 is 1. The minimum atomic E-state index is -0.419. The molecular formula is C13H25NO3. The van der Waals surface area contributed by atoms with Gasteiger partial charge in [-0.15, -0.1) is 0 Å². The number of amides is 1. The second kappa shape index (κ2) is 6.24. The predicted octanol–water partition coefficient (Wildman–Crippen LogP) is 2.72. The highest BCUT2D eigenvalue weighted by molar-refractivity contribution is 5.67. The minimum absolute atomic E-state index is 0.314. The molecule has 1 amide bonds. The molecule has 4 heteroatoms. The maximum atomic E-state index is 11.5. The Bertz CT molecular complexity index is 240. The molecular weight excluding hydrogens is 218 g/mol. The van der Waals surface area contributed by atoms with E-state index in [2.05, 4.69) is 5.32 Å². The molecule has 0 aromatic carbocycles. The first-order valence-electron chi connectivity index (χ1n) is 6.40. The average molecular weight is 243 g/mol. The molecule has 0 aromatic rings. The Morgan fingerprint density at radius 2 is 1.82 bits per heavy atom. The summed E-state index contributed by atoms with van der Waals surface area (Å²) in [6.45, 7) is 6.33. The van der Waals surface area contributed by atoms with Gasteiger partial charge in [0.25, 0.3) is 0 Å². The van der Waals surface area contributed by atoms with Crippen molar-refractivity contribution in [2.24, 2.45) is 5.92 Å². The quantitative estimate of drug-likeness (QED) is 0.829. The molecule has 1 saturated carbocycles. The van der Waals surface area contributed by atoms with E-state index in [1.54, 1.807) is 7.11 Å². The normalized spacial score (nSPS) is 25.4. The summed E-state index contributed by atoms with van der Waals surface area (Å²) in [6, 6.07) is 0. The first kappa shape index (κ1) is 14.3. The van der Waals surface area contributed by atoms with E-state index in [0.717, 1.165) is 25.7 Å². The maximum absolute atomic E-state index is 11.5. The molecule has 0 bridgehead atoms. The summed E-state index contributed by atoms with van der Waals surface area (Å²) in [7, 11) is 1.77. The van der Waals surface area contributed by atoms with Gasteiger partial charge in [-0.25, -0.2) is 4.79 Å². The largest absolute Gasteiger partial charge is 0.444 e. The lowest BCUT2D eigenvalue weighted by Gasteiger charge is -2.28. The van der Waals surface area contributed by atoms with Gasteiger partial charge in [-0.05, 0) is 52.4 Å². The number of hydrogen-bond acceptors (Lipinski definition) is 3. The van der Waals surface area contributed by atoms with E-state index in [0.29, 0.717) is 18.6 Å². The zero-order chi connectivity index (χ0) is 12.9. The third kappa shape index (κ3) is 5.91. The van der Waals surface area contributed by atoms with Crippen LogP contribution in [-0.4, -0.2) is 31.5 Å². The number of carbonyl (C=O) groups excluding carboxylic acids is 1. The molecule has 0 saturated heterocycles. The van der Waals surface area contributed by atoms with Crippen molar-refractivity contribution in [1.29, 1.82) is 0 Å². The molecule has 1 aliphatic carbocycles. The van der Waals surface area contributed by atoms with Crippen molar-refractivity contribution in [1.82, 2.24) is 5.32 Å². The van der Waals surface area contributed by atoms with Gasteiger partial charge in [0.05, 0.1) is 6.10 Å². The van der Waals surface area contributed by atoms with Gasteiger partial charge in [0.15, 0.2) is 0 Å². The van der Waals surface area contributed by atoms with Crippen molar-refractivity contribution in [3.63, 3.8) is 0 Å². The third-order valence-electron chi connectivity index (χ3n) is 3.06. The molecule has 1 aliphatic rings. The highest BCUT2D eigenvalue weighted by atomic mass is 16.6. The monoisotopic (exact) mass is 243 g/mol. The van der Waals surface area contributed by atoms with Gasteiger partial charge in [-0.2, -0.15) is 0 Å². The number of carbonyl (C=O) groups is 1. The molecule has 0 unspecified atom stereocenters. The van der Waals surface area contributed by atoms with Crippen LogP contribution < -0.4 is 5.32 Å². The summed E-state index contributed by atoms with van der Waals surface area (Å²) in [6.07, 6.45) is 4.52. The first-order chi connectivity index (χ1) is 7.90. The van der Waals surface area contributed by atoms with Gasteiger partial charge in [-0.3, -0.25) is 0 Å². The number of alkyl carbamates (subject to hydrolysis) is 1. The summed E-state index contributed by atoms with van der Waals surface area (Å²) < 4.78 is 10.5. The van der Waals surface area contributed by atoms with Crippen molar-refractivity contribution < 1.29 is 14.3 Å². The van der Waals surface area contributed by atoms with Gasteiger partial charge in [0, 0.05) is 13.7 Å². The van der Waals surface area contributed by atoms with E-state index in [9.17, 15) is 4.79 Å². The average Bonchev–Trinajstić information content (AvgIpc) is 2.25. The fourth-order valence-corrected chi connectivity index (χ4v) is 2.11. The van der Waals surface area contributed by atoms with Crippen molar-refractivity contribution in [3.8, 4) is 0 Å². The molecule has 17 heavy (non-hydrogen) atoms. The Balaban J connectivity index is 2.17. The molecule has 0 aliphatic heterocycles. The van der Waals surface area contributed by atoms with E-state index >= 15 is 0 Å². The molecule has 4 nitrogen and oxygen atoms in total. The second-order valence-corrected chi connectivity index (χ2v) is 5.76. The number of rotatable bonds is 3. The van der Waals surface area contributed by atoms with Crippen LogP contribution in [0.5, 0.6) is 0 Å². The van der Waals surface area contributed by atoms with Crippen molar-refractivity contribution in [2.75, 3.05) is 13.7 Å². The molecule has 1 N–H and O–H groups in total. The van der Waals surface area contributed by atoms with Crippen molar-refractivity contribution in [3.05, 3.63) is 0 Å². The topological polar surface area (TPSA) is 47.6 Å². The molecule has 0 heterocycles. The summed E-state index contributed by atoms with van der Waals surface area (Å²) in [4.78, 5) is 11.5. The summed E-state index contributed by atoms with van der Waals surface area (Å²) in [5.41, 5.74) is -0.419. The van der Waals surface area contributed by atoms with E-state index < -0.39 is 5.60 Å². The fourth-order valence-electron chi connectivity index (χ4n) is 2.11. The SMILES string of the molecule is COC1CCC(CNC(=O)OC(C)(C)C)CC1. The highest BCUT2D eigenvalue weighted by Crippen LogP contribution is 2.25. The van der Waals surface area contributed by atoms with E-state index in [4.69, 9.17) is 9.47 Å². The lowest BCUT2D eigenvalue weighted by Crippen LogP contribution is -2.36. The molecule has 1 rings (SSSR count). The Labute approximate surface area is 104 Å². The second-order valence-electron chi connectivity index (χ2n) is 5.76. The van der Waals surface area contributed by atoms with Gasteiger partial charge in [0.2, 0.25) is 0 Å². The Morgan fingerprint density at radius 3 is 2.29 bits per heavy atom. The molecule has 0 atom stereocenters. The lowest BCUT2D eigenvalue weighted by atomic mass is 9.87. The van der Waals surface area contributed by atoms with Crippen LogP contribution >= 0.6 is 0 Å². The van der Waals surface area contributed by atoms with Crippen LogP contribution in [0, 0.1) is 5.92 Å². The number of ether oxygens (including phenoxy) is 2. The smallest absolute Gasteiger partial charge is 0.407 e. The van der Waals surface area contributed by atoms with Crippen LogP contribution in [0.3, 0.4) is 0 Å². The molecule has 100 valence electrons. The molecule has 1 fully saturated rings. The van der Waals surface area contributed by atoms with Crippen LogP contribution in [0.15, 0.2) is 0 Å². The zero-order valence-corrected chi connectivity index (χ0v) is 11.4. The van der Waals surface area contributed by atoms with Gasteiger partial charge < -0.3 is 14.8 Å². The standard InChI is InChI=1S/C13H25NO3/c1-13(2,3)17-12(15)14-9-10-5-7-11(16-4)8-6-10/h10-11H,5-9H2,1-4H3,(H,14,15). The highest BCUT2D eigenvalue weighted by Gasteiger charge is 2.22. The van der Waals surface area contributed by atoms with Gasteiger partial charge in [0.1, 0.15) is 5.60 Å². The van der Waals surface area contributed by atoms with Crippen molar-refractivity contribution >= 4 is 6.09 Å². The lowest BCUT2D eigenvalue weighted by molar-refractivity contribution is 0.0457. The fraction of sp³-hybridized carbons (Fsp3) is 0.923. The summed E-state index contributed by atoms with van der Waals surface area (Å²) in [5, 5.41) is 2.84. The Kier molecular flexibility index (Phi) is 5.25. The van der Waals surface area contributed by atoms with Crippen LogP contribution in [0.1, 0.15) is 46.5 Å².